The second kappa shape index (κ2) is 8.28. The van der Waals surface area contributed by atoms with Gasteiger partial charge in [-0.05, 0) is 19.9 Å². The predicted octanol–water partition coefficient (Wildman–Crippen LogP) is 3.94. The minimum absolute atomic E-state index is 0.0260. The van der Waals surface area contributed by atoms with Crippen LogP contribution in [0.5, 0.6) is 0 Å². The quantitative estimate of drug-likeness (QED) is 0.402. The van der Waals surface area contributed by atoms with Crippen LogP contribution in [0.2, 0.25) is 10.2 Å². The van der Waals surface area contributed by atoms with Gasteiger partial charge in [0.2, 0.25) is 0 Å². The summed E-state index contributed by atoms with van der Waals surface area (Å²) in [5, 5.41) is 24.6. The van der Waals surface area contributed by atoms with Crippen LogP contribution in [-0.2, 0) is 5.60 Å². The van der Waals surface area contributed by atoms with Crippen LogP contribution in [0.4, 0.5) is 29.3 Å². The number of hydrogen-bond donors (Lipinski definition) is 2. The second-order valence-electron chi connectivity index (χ2n) is 8.51. The topological polar surface area (TPSA) is 126 Å². The Kier molecular flexibility index (Phi) is 5.57. The number of aromatic nitrogens is 7. The molecule has 2 N–H and O–H groups in total. The van der Waals surface area contributed by atoms with Crippen LogP contribution in [0.15, 0.2) is 30.7 Å². The Balaban J connectivity index is 1.43. The number of aliphatic hydroxyl groups is 1. The molecule has 0 bridgehead atoms. The molecule has 1 unspecified atom stereocenters. The van der Waals surface area contributed by atoms with Crippen LogP contribution in [0, 0.1) is 0 Å². The number of urea groups is 1. The van der Waals surface area contributed by atoms with E-state index in [0.29, 0.717) is 0 Å². The predicted molar refractivity (Wildman–Crippen MR) is 123 cm³/mol. The fourth-order valence-electron chi connectivity index (χ4n) is 3.75. The molecule has 0 spiro atoms. The third kappa shape index (κ3) is 4.20. The van der Waals surface area contributed by atoms with Crippen molar-refractivity contribution in [1.82, 2.24) is 34.6 Å². The molecule has 0 saturated heterocycles. The Morgan fingerprint density at radius 3 is 2.53 bits per heavy atom. The minimum atomic E-state index is -4.65. The Hall–Kier alpha value is -3.49. The number of halogens is 5. The fraction of sp³-hybridized carbons (Fsp3) is 0.300. The number of carbonyl (C=O) groups is 1. The minimum Gasteiger partial charge on any atom is -0.384 e. The summed E-state index contributed by atoms with van der Waals surface area (Å²) in [6.07, 6.45) is -0.875. The van der Waals surface area contributed by atoms with E-state index in [9.17, 15) is 23.1 Å². The number of pyridine rings is 1. The molecule has 5 heterocycles. The first-order valence-corrected chi connectivity index (χ1v) is 11.1. The lowest BCUT2D eigenvalue weighted by molar-refractivity contribution is -0.147. The molecular weight excluding hydrogens is 526 g/mol. The van der Waals surface area contributed by atoms with E-state index in [0.717, 1.165) is 14.2 Å². The van der Waals surface area contributed by atoms with Crippen molar-refractivity contribution < 1.29 is 23.1 Å². The van der Waals surface area contributed by atoms with Gasteiger partial charge in [0.1, 0.15) is 17.2 Å². The summed E-state index contributed by atoms with van der Waals surface area (Å²) in [6, 6.07) is 1.82. The van der Waals surface area contributed by atoms with Crippen LogP contribution in [0.25, 0.3) is 11.5 Å². The molecule has 0 aromatic carbocycles. The van der Waals surface area contributed by atoms with E-state index in [2.05, 4.69) is 30.6 Å². The van der Waals surface area contributed by atoms with Gasteiger partial charge in [-0.15, -0.1) is 9.90 Å². The van der Waals surface area contributed by atoms with E-state index in [1.165, 1.54) is 44.6 Å². The summed E-state index contributed by atoms with van der Waals surface area (Å²) in [7, 11) is 0. The average molecular weight is 542 g/mol. The largest absolute Gasteiger partial charge is 0.399 e. The lowest BCUT2D eigenvalue weighted by atomic mass is 10.1. The number of fused-ring (bicyclic) bond motifs is 3. The van der Waals surface area contributed by atoms with Crippen LogP contribution >= 0.6 is 23.2 Å². The summed E-state index contributed by atoms with van der Waals surface area (Å²) < 4.78 is 42.6. The van der Waals surface area contributed by atoms with Crippen molar-refractivity contribution in [3.63, 3.8) is 0 Å². The lowest BCUT2D eigenvalue weighted by Gasteiger charge is -2.19. The summed E-state index contributed by atoms with van der Waals surface area (Å²) in [6.45, 7) is 2.39. The summed E-state index contributed by atoms with van der Waals surface area (Å²) in [5.74, 6) is -1.88. The zero-order chi connectivity index (χ0) is 26.0. The molecule has 188 valence electrons. The highest BCUT2D eigenvalue weighted by atomic mass is 35.5. The number of amides is 2. The molecule has 4 aromatic rings. The molecule has 0 aliphatic carbocycles. The summed E-state index contributed by atoms with van der Waals surface area (Å²) in [4.78, 5) is 23.2. The van der Waals surface area contributed by atoms with Gasteiger partial charge in [-0.25, -0.2) is 19.3 Å². The van der Waals surface area contributed by atoms with Gasteiger partial charge < -0.3 is 10.4 Å². The van der Waals surface area contributed by atoms with Gasteiger partial charge in [0.05, 0.1) is 40.7 Å². The summed E-state index contributed by atoms with van der Waals surface area (Å²) in [5.41, 5.74) is -1.00. The highest BCUT2D eigenvalue weighted by Crippen LogP contribution is 2.45. The molecule has 36 heavy (non-hydrogen) atoms. The molecular formula is C20H16Cl2F3N9O2. The second-order valence-corrected chi connectivity index (χ2v) is 9.30. The Morgan fingerprint density at radius 2 is 1.89 bits per heavy atom. The van der Waals surface area contributed by atoms with E-state index >= 15 is 0 Å². The van der Waals surface area contributed by atoms with Crippen LogP contribution < -0.4 is 10.2 Å². The standard InChI is InChI=1S/C20H16Cl2F3N9O2/c1-19(2,36)13-7-28-34(30-13)17-11(21)3-9(5-27-17)29-18(35)32-8-10(20(23,24)25)16-12(32)6-26-15-4-14(22)31-33(15)16/h3-7,10,36H,8H2,1-2H3,(H,29,35). The van der Waals surface area contributed by atoms with Crippen LogP contribution in [-0.4, -0.2) is 58.4 Å². The van der Waals surface area contributed by atoms with Crippen molar-refractivity contribution >= 4 is 46.3 Å². The molecule has 5 rings (SSSR count). The highest BCUT2D eigenvalue weighted by molar-refractivity contribution is 6.32. The van der Waals surface area contributed by atoms with Crippen molar-refractivity contribution in [3.8, 4) is 5.82 Å². The molecule has 0 saturated carbocycles. The lowest BCUT2D eigenvalue weighted by Crippen LogP contribution is -2.36. The first kappa shape index (κ1) is 24.2. The number of nitrogens with one attached hydrogen (secondary N) is 1. The zero-order valence-corrected chi connectivity index (χ0v) is 20.0. The third-order valence-electron chi connectivity index (χ3n) is 5.48. The van der Waals surface area contributed by atoms with Gasteiger partial charge in [-0.1, -0.05) is 23.2 Å². The smallest absolute Gasteiger partial charge is 0.384 e. The van der Waals surface area contributed by atoms with E-state index < -0.39 is 30.3 Å². The van der Waals surface area contributed by atoms with Crippen molar-refractivity contribution in [1.29, 1.82) is 0 Å². The average Bonchev–Trinajstić information content (AvgIpc) is 3.48. The first-order chi connectivity index (χ1) is 16.8. The van der Waals surface area contributed by atoms with Gasteiger partial charge in [-0.3, -0.25) is 4.90 Å². The van der Waals surface area contributed by atoms with Gasteiger partial charge in [0.15, 0.2) is 16.6 Å². The van der Waals surface area contributed by atoms with Crippen LogP contribution in [0.3, 0.4) is 0 Å². The molecule has 11 nitrogen and oxygen atoms in total. The fourth-order valence-corrected chi connectivity index (χ4v) is 4.16. The maximum absolute atomic E-state index is 13.9. The molecule has 2 amide bonds. The van der Waals surface area contributed by atoms with Crippen molar-refractivity contribution in [2.45, 2.75) is 31.5 Å². The van der Waals surface area contributed by atoms with Gasteiger partial charge in [0, 0.05) is 12.6 Å². The van der Waals surface area contributed by atoms with Crippen LogP contribution in [0.1, 0.15) is 31.2 Å². The first-order valence-electron chi connectivity index (χ1n) is 10.3. The van der Waals surface area contributed by atoms with E-state index in [4.69, 9.17) is 23.2 Å². The van der Waals surface area contributed by atoms with E-state index in [1.807, 2.05) is 0 Å². The number of carbonyl (C=O) groups excluding carboxylic acids is 1. The SMILES string of the molecule is CC(C)(O)c1cnn(-c2ncc(NC(=O)N3CC(C(F)(F)F)c4c3cnc3cc(Cl)nn43)cc2Cl)n1. The molecule has 16 heteroatoms. The highest BCUT2D eigenvalue weighted by Gasteiger charge is 2.50. The number of nitrogens with zero attached hydrogens (tertiary/aromatic N) is 8. The summed E-state index contributed by atoms with van der Waals surface area (Å²) >= 11 is 12.1. The number of anilines is 2. The van der Waals surface area contributed by atoms with E-state index in [1.54, 1.807) is 0 Å². The maximum atomic E-state index is 13.9. The van der Waals surface area contributed by atoms with Crippen molar-refractivity contribution in [2.24, 2.45) is 0 Å². The van der Waals surface area contributed by atoms with Crippen molar-refractivity contribution in [3.05, 3.63) is 52.3 Å². The monoisotopic (exact) mass is 541 g/mol. The number of hydrogen-bond acceptors (Lipinski definition) is 7. The van der Waals surface area contributed by atoms with Gasteiger partial charge >= 0.3 is 12.2 Å². The molecule has 4 aromatic heterocycles. The zero-order valence-electron chi connectivity index (χ0n) is 18.5. The molecule has 1 atom stereocenters. The maximum Gasteiger partial charge on any atom is 0.399 e. The third-order valence-corrected chi connectivity index (χ3v) is 5.94. The van der Waals surface area contributed by atoms with Crippen molar-refractivity contribution in [2.75, 3.05) is 16.8 Å². The van der Waals surface area contributed by atoms with E-state index in [-0.39, 0.29) is 44.4 Å². The molecule has 0 fully saturated rings. The molecule has 1 aliphatic rings. The Labute approximate surface area is 210 Å². The molecule has 1 aliphatic heterocycles. The normalized spacial score (nSPS) is 16.0. The van der Waals surface area contributed by atoms with Gasteiger partial charge in [-0.2, -0.15) is 23.4 Å². The Bertz CT molecular complexity index is 1500. The number of rotatable bonds is 3. The molecule has 0 radical (unpaired) electrons. The van der Waals surface area contributed by atoms with Gasteiger partial charge in [0.25, 0.3) is 0 Å². The number of alkyl halides is 3. The Morgan fingerprint density at radius 1 is 1.14 bits per heavy atom.